The number of hydrogen-bond acceptors (Lipinski definition) is 11. The largest absolute Gasteiger partial charge is 0.508 e. The van der Waals surface area contributed by atoms with Gasteiger partial charge in [0.1, 0.15) is 28.9 Å². The number of nitrogens with two attached hydrogens (primary N) is 1. The molecule has 6 atom stereocenters. The van der Waals surface area contributed by atoms with E-state index in [2.05, 4.69) is 0 Å². The number of rotatable bonds is 4. The van der Waals surface area contributed by atoms with E-state index in [4.69, 9.17) is 10.5 Å². The zero-order valence-corrected chi connectivity index (χ0v) is 19.9. The molecule has 0 spiro atoms. The van der Waals surface area contributed by atoms with Gasteiger partial charge in [0.25, 0.3) is 5.91 Å². The summed E-state index contributed by atoms with van der Waals surface area (Å²) in [5.74, 6) is -10.7. The van der Waals surface area contributed by atoms with E-state index in [-0.39, 0.29) is 11.1 Å². The lowest BCUT2D eigenvalue weighted by Gasteiger charge is -2.54. The maximum atomic E-state index is 13.9. The number of nitrogens with zero attached hydrogens (tertiary/aromatic N) is 1. The first-order chi connectivity index (χ1) is 17.3. The Morgan fingerprint density at radius 1 is 1.14 bits per heavy atom. The quantitative estimate of drug-likeness (QED) is 0.220. The number of carbonyl (C=O) groups excluding carboxylic acids is 4. The van der Waals surface area contributed by atoms with Crippen molar-refractivity contribution in [3.63, 3.8) is 0 Å². The molecule has 0 radical (unpaired) electrons. The number of aliphatic hydroxyl groups excluding tert-OH is 3. The maximum absolute atomic E-state index is 13.9. The lowest BCUT2D eigenvalue weighted by atomic mass is 9.55. The summed E-state index contributed by atoms with van der Waals surface area (Å²) < 4.78 is 5.76. The van der Waals surface area contributed by atoms with Crippen LogP contribution in [0.25, 0.3) is 5.76 Å². The summed E-state index contributed by atoms with van der Waals surface area (Å²) in [7, 11) is 2.84. The molecule has 2 saturated carbocycles. The van der Waals surface area contributed by atoms with Crippen LogP contribution in [0.15, 0.2) is 35.1 Å². The van der Waals surface area contributed by atoms with Gasteiger partial charge in [0, 0.05) is 0 Å². The van der Waals surface area contributed by atoms with E-state index in [1.165, 1.54) is 37.2 Å². The number of phenols is 1. The van der Waals surface area contributed by atoms with Crippen LogP contribution in [0.5, 0.6) is 5.75 Å². The summed E-state index contributed by atoms with van der Waals surface area (Å²) in [6.45, 7) is 0. The summed E-state index contributed by atoms with van der Waals surface area (Å²) in [5, 5.41) is 55.8. The number of ether oxygens (including phenoxy) is 1. The van der Waals surface area contributed by atoms with E-state index in [0.717, 1.165) is 0 Å². The zero-order valence-electron chi connectivity index (χ0n) is 19.9. The predicted molar refractivity (Wildman–Crippen MR) is 123 cm³/mol. The average Bonchev–Trinajstić information content (AvgIpc) is 3.66. The zero-order chi connectivity index (χ0) is 27.1. The Labute approximate surface area is 210 Å². The van der Waals surface area contributed by atoms with Crippen LogP contribution in [0.4, 0.5) is 0 Å². The first-order valence-corrected chi connectivity index (χ1v) is 11.7. The van der Waals surface area contributed by atoms with E-state index in [1.54, 1.807) is 0 Å². The van der Waals surface area contributed by atoms with Crippen LogP contribution in [0, 0.1) is 17.8 Å². The number of aliphatic hydroxyl groups is 4. The standard InChI is InChI=1S/C25H26N2O10/c1-27(2)16-15-20(37-24(35)8-6-7-8)12-13(18(30)11-9(17(12)29)4-3-5-10(11)28)21(32)25(15,36)22(33)14(19(16)31)23(26)34/h3-5,8,12,15-17,20,28-30,33,36H,6-7H2,1-2H3,(H2,26,34). The molecule has 0 bridgehead atoms. The molecular weight excluding hydrogens is 488 g/mol. The van der Waals surface area contributed by atoms with Crippen LogP contribution < -0.4 is 5.73 Å². The summed E-state index contributed by atoms with van der Waals surface area (Å²) >= 11 is 0. The van der Waals surface area contributed by atoms with Crippen molar-refractivity contribution >= 4 is 29.2 Å². The Hall–Kier alpha value is -3.74. The van der Waals surface area contributed by atoms with Crippen molar-refractivity contribution in [1.29, 1.82) is 0 Å². The third kappa shape index (κ3) is 3.26. The monoisotopic (exact) mass is 514 g/mol. The third-order valence-electron chi connectivity index (χ3n) is 7.76. The summed E-state index contributed by atoms with van der Waals surface area (Å²) in [6.07, 6.45) is -2.18. The molecule has 196 valence electrons. The molecule has 0 aliphatic heterocycles. The van der Waals surface area contributed by atoms with Crippen molar-refractivity contribution in [2.75, 3.05) is 14.1 Å². The number of amides is 1. The molecule has 2 fully saturated rings. The SMILES string of the molecule is CN(C)C1C(=O)C(C(N)=O)=C(O)C2(O)C(=O)C3=C(O)c4c(O)cccc4C(O)C3C(OC(=O)C3CC3)C12. The smallest absolute Gasteiger partial charge is 0.309 e. The number of Topliss-reactive ketones (excluding diaryl/α,β-unsaturated/α-hetero) is 2. The molecule has 7 N–H and O–H groups in total. The van der Waals surface area contributed by atoms with Gasteiger partial charge < -0.3 is 36.0 Å². The highest BCUT2D eigenvalue weighted by atomic mass is 16.5. The topological polar surface area (TPSA) is 208 Å². The molecule has 4 aliphatic rings. The van der Waals surface area contributed by atoms with E-state index >= 15 is 0 Å². The first-order valence-electron chi connectivity index (χ1n) is 11.7. The highest BCUT2D eigenvalue weighted by molar-refractivity contribution is 6.24. The van der Waals surface area contributed by atoms with Gasteiger partial charge in [0.05, 0.1) is 41.0 Å². The number of ketones is 2. The molecule has 1 aromatic rings. The Morgan fingerprint density at radius 2 is 1.78 bits per heavy atom. The second-order valence-electron chi connectivity index (χ2n) is 10.1. The lowest BCUT2D eigenvalue weighted by Crippen LogP contribution is -2.71. The van der Waals surface area contributed by atoms with Gasteiger partial charge in [-0.05, 0) is 38.6 Å². The minimum absolute atomic E-state index is 0.0260. The van der Waals surface area contributed by atoms with Crippen LogP contribution in [-0.4, -0.2) is 85.7 Å². The Morgan fingerprint density at radius 3 is 2.35 bits per heavy atom. The van der Waals surface area contributed by atoms with Crippen LogP contribution in [0.3, 0.4) is 0 Å². The van der Waals surface area contributed by atoms with Gasteiger partial charge in [-0.3, -0.25) is 24.1 Å². The Bertz CT molecular complexity index is 1330. The molecule has 5 rings (SSSR count). The predicted octanol–water partition coefficient (Wildman–Crippen LogP) is -0.613. The molecule has 12 heteroatoms. The molecule has 37 heavy (non-hydrogen) atoms. The number of likely N-dealkylation sites (N-methyl/N-ethyl adjacent to an activating group) is 1. The van der Waals surface area contributed by atoms with E-state index in [0.29, 0.717) is 12.8 Å². The Kier molecular flexibility index (Phi) is 5.48. The van der Waals surface area contributed by atoms with Gasteiger partial charge in [-0.2, -0.15) is 0 Å². The number of aromatic hydroxyl groups is 1. The molecule has 4 aliphatic carbocycles. The minimum atomic E-state index is -3.04. The van der Waals surface area contributed by atoms with Crippen molar-refractivity contribution in [3.8, 4) is 5.75 Å². The molecule has 12 nitrogen and oxygen atoms in total. The highest BCUT2D eigenvalue weighted by Crippen LogP contribution is 2.56. The minimum Gasteiger partial charge on any atom is -0.508 e. The van der Waals surface area contributed by atoms with Gasteiger partial charge in [0.15, 0.2) is 11.4 Å². The fourth-order valence-corrected chi connectivity index (χ4v) is 5.91. The number of benzene rings is 1. The van der Waals surface area contributed by atoms with Crippen molar-refractivity contribution in [1.82, 2.24) is 4.90 Å². The average molecular weight is 514 g/mol. The molecule has 6 unspecified atom stereocenters. The molecule has 1 aromatic carbocycles. The Balaban J connectivity index is 1.83. The molecule has 0 aromatic heterocycles. The summed E-state index contributed by atoms with van der Waals surface area (Å²) in [5.41, 5.74) is 0.402. The van der Waals surface area contributed by atoms with Crippen molar-refractivity contribution < 1.29 is 49.4 Å². The first kappa shape index (κ1) is 24.9. The number of hydrogen-bond donors (Lipinski definition) is 6. The van der Waals surface area contributed by atoms with E-state index < -0.39 is 93.5 Å². The number of esters is 1. The van der Waals surface area contributed by atoms with Crippen LogP contribution >= 0.6 is 0 Å². The fourth-order valence-electron chi connectivity index (χ4n) is 5.91. The van der Waals surface area contributed by atoms with Gasteiger partial charge in [-0.1, -0.05) is 12.1 Å². The third-order valence-corrected chi connectivity index (χ3v) is 7.76. The number of carbonyl (C=O) groups is 4. The fraction of sp³-hybridized carbons (Fsp3) is 0.440. The van der Waals surface area contributed by atoms with E-state index in [9.17, 15) is 44.7 Å². The van der Waals surface area contributed by atoms with E-state index in [1.807, 2.05) is 0 Å². The summed E-state index contributed by atoms with van der Waals surface area (Å²) in [6, 6.07) is 2.52. The molecule has 1 amide bonds. The number of primary amides is 1. The maximum Gasteiger partial charge on any atom is 0.309 e. The second kappa shape index (κ2) is 8.13. The van der Waals surface area contributed by atoms with Gasteiger partial charge in [-0.15, -0.1) is 0 Å². The number of phenolic OH excluding ortho intramolecular Hbond substituents is 1. The molecule has 0 saturated heterocycles. The number of fused-ring (bicyclic) bond motifs is 3. The van der Waals surface area contributed by atoms with Gasteiger partial charge in [0.2, 0.25) is 5.78 Å². The van der Waals surface area contributed by atoms with Crippen LogP contribution in [-0.2, 0) is 23.9 Å². The normalized spacial score (nSPS) is 33.2. The summed E-state index contributed by atoms with van der Waals surface area (Å²) in [4.78, 5) is 53.6. The molecule has 0 heterocycles. The van der Waals surface area contributed by atoms with Crippen molar-refractivity contribution in [2.45, 2.75) is 36.7 Å². The lowest BCUT2D eigenvalue weighted by molar-refractivity contribution is -0.190. The second-order valence-corrected chi connectivity index (χ2v) is 10.1. The van der Waals surface area contributed by atoms with Crippen molar-refractivity contribution in [2.24, 2.45) is 23.5 Å². The van der Waals surface area contributed by atoms with Crippen molar-refractivity contribution in [3.05, 3.63) is 46.2 Å². The van der Waals surface area contributed by atoms with Gasteiger partial charge >= 0.3 is 5.97 Å². The van der Waals surface area contributed by atoms with Crippen LogP contribution in [0.2, 0.25) is 0 Å². The van der Waals surface area contributed by atoms with Gasteiger partial charge in [-0.25, -0.2) is 0 Å². The van der Waals surface area contributed by atoms with Crippen LogP contribution in [0.1, 0.15) is 30.1 Å². The molecular formula is C25H26N2O10. The highest BCUT2D eigenvalue weighted by Gasteiger charge is 2.70.